The topological polar surface area (TPSA) is 38.3 Å². The number of hydrogen-bond donors (Lipinski definition) is 1. The van der Waals surface area contributed by atoms with Gasteiger partial charge in [0.05, 0.1) is 13.7 Å². The fourth-order valence-corrected chi connectivity index (χ4v) is 3.97. The van der Waals surface area contributed by atoms with Gasteiger partial charge < -0.3 is 9.84 Å². The third-order valence-corrected chi connectivity index (χ3v) is 5.63. The zero-order valence-electron chi connectivity index (χ0n) is 17.9. The van der Waals surface area contributed by atoms with Crippen molar-refractivity contribution >= 4 is 11.0 Å². The summed E-state index contributed by atoms with van der Waals surface area (Å²) in [5, 5.41) is 11.1. The molecule has 0 fully saturated rings. The third-order valence-electron chi connectivity index (χ3n) is 5.63. The Morgan fingerprint density at radius 2 is 1.55 bits per heavy atom. The van der Waals surface area contributed by atoms with Crippen molar-refractivity contribution in [2.75, 3.05) is 6.61 Å². The number of fused-ring (bicyclic) bond motifs is 1. The summed E-state index contributed by atoms with van der Waals surface area (Å²) < 4.78 is 10.2. The van der Waals surface area contributed by atoms with Crippen molar-refractivity contribution in [1.29, 1.82) is 0 Å². The van der Waals surface area contributed by atoms with Crippen molar-refractivity contribution in [2.45, 2.75) is 64.7 Å². The maximum absolute atomic E-state index is 11.1. The molecule has 0 spiro atoms. The molecule has 0 saturated carbocycles. The van der Waals surface area contributed by atoms with Crippen LogP contribution in [-0.2, 0) is 18.5 Å². The van der Waals surface area contributed by atoms with E-state index in [2.05, 4.69) is 28.2 Å². The lowest BCUT2D eigenvalue weighted by atomic mass is 10.1. The van der Waals surface area contributed by atoms with E-state index in [9.17, 15) is 5.11 Å². The van der Waals surface area contributed by atoms with Crippen LogP contribution in [0.25, 0.3) is 11.0 Å². The lowest BCUT2D eigenvalue weighted by molar-refractivity contribution is -0.657. The number of aliphatic hydroxyl groups excluding tert-OH is 1. The van der Waals surface area contributed by atoms with Gasteiger partial charge in [-0.3, -0.25) is 0 Å². The highest BCUT2D eigenvalue weighted by Gasteiger charge is 2.29. The second-order valence-corrected chi connectivity index (χ2v) is 7.81. The quantitative estimate of drug-likeness (QED) is 0.335. The maximum atomic E-state index is 11.1. The first kappa shape index (κ1) is 21.5. The van der Waals surface area contributed by atoms with Crippen molar-refractivity contribution in [2.24, 2.45) is 7.05 Å². The molecule has 1 aromatic heterocycles. The number of unbranched alkanes of at least 4 members (excludes halogenated alkanes) is 6. The summed E-state index contributed by atoms with van der Waals surface area (Å²) in [6, 6.07) is 18.1. The highest BCUT2D eigenvalue weighted by Crippen LogP contribution is 2.24. The van der Waals surface area contributed by atoms with Crippen molar-refractivity contribution in [3.63, 3.8) is 0 Å². The van der Waals surface area contributed by atoms with E-state index >= 15 is 0 Å². The number of para-hydroxylation sites is 2. The molecule has 29 heavy (non-hydrogen) atoms. The predicted octanol–water partition coefficient (Wildman–Crippen LogP) is 5.27. The SMILES string of the molecule is CCCCCCCCCOCn1c(C(O)c2ccccc2)[n+](C)c2ccccc21. The molecule has 0 amide bonds. The average molecular weight is 396 g/mol. The van der Waals surface area contributed by atoms with Gasteiger partial charge in [0.25, 0.3) is 5.82 Å². The van der Waals surface area contributed by atoms with Gasteiger partial charge in [0.15, 0.2) is 23.9 Å². The van der Waals surface area contributed by atoms with Crippen molar-refractivity contribution in [3.8, 4) is 0 Å². The van der Waals surface area contributed by atoms with E-state index in [4.69, 9.17) is 4.74 Å². The molecular weight excluding hydrogens is 360 g/mol. The number of aryl methyl sites for hydroxylation is 1. The second kappa shape index (κ2) is 11.1. The molecule has 0 aliphatic rings. The molecule has 1 atom stereocenters. The molecule has 4 nitrogen and oxygen atoms in total. The number of hydrogen-bond acceptors (Lipinski definition) is 2. The number of rotatable bonds is 12. The fourth-order valence-electron chi connectivity index (χ4n) is 3.97. The number of nitrogens with zero attached hydrogens (tertiary/aromatic N) is 2. The summed E-state index contributed by atoms with van der Waals surface area (Å²) in [4.78, 5) is 0. The van der Waals surface area contributed by atoms with Crippen LogP contribution < -0.4 is 4.57 Å². The third kappa shape index (κ3) is 5.46. The summed E-state index contributed by atoms with van der Waals surface area (Å²) in [6.07, 6.45) is 8.24. The summed E-state index contributed by atoms with van der Waals surface area (Å²) in [5.74, 6) is 0.844. The lowest BCUT2D eigenvalue weighted by Crippen LogP contribution is -2.35. The molecule has 2 aromatic carbocycles. The van der Waals surface area contributed by atoms with E-state index < -0.39 is 6.10 Å². The minimum atomic E-state index is -0.698. The Labute approximate surface area is 174 Å². The second-order valence-electron chi connectivity index (χ2n) is 7.81. The molecule has 1 N–H and O–H groups in total. The monoisotopic (exact) mass is 395 g/mol. The van der Waals surface area contributed by atoms with Crippen LogP contribution in [-0.4, -0.2) is 16.3 Å². The van der Waals surface area contributed by atoms with E-state index in [0.29, 0.717) is 6.73 Å². The van der Waals surface area contributed by atoms with Gasteiger partial charge in [-0.15, -0.1) is 0 Å². The molecule has 0 radical (unpaired) electrons. The van der Waals surface area contributed by atoms with Crippen molar-refractivity contribution in [1.82, 2.24) is 4.57 Å². The summed E-state index contributed by atoms with van der Waals surface area (Å²) in [7, 11) is 2.01. The Morgan fingerprint density at radius 1 is 0.897 bits per heavy atom. The number of aliphatic hydroxyl groups is 1. The van der Waals surface area contributed by atoms with E-state index in [1.165, 1.54) is 38.5 Å². The minimum Gasteiger partial charge on any atom is -0.376 e. The Balaban J connectivity index is 1.67. The van der Waals surface area contributed by atoms with Gasteiger partial charge >= 0.3 is 0 Å². The van der Waals surface area contributed by atoms with Gasteiger partial charge in [0, 0.05) is 0 Å². The number of ether oxygens (including phenoxy) is 1. The fraction of sp³-hybridized carbons (Fsp3) is 0.480. The lowest BCUT2D eigenvalue weighted by Gasteiger charge is -2.11. The predicted molar refractivity (Wildman–Crippen MR) is 118 cm³/mol. The molecule has 156 valence electrons. The Kier molecular flexibility index (Phi) is 8.26. The number of imidazole rings is 1. The molecule has 0 aliphatic heterocycles. The maximum Gasteiger partial charge on any atom is 0.293 e. The summed E-state index contributed by atoms with van der Waals surface area (Å²) in [5.41, 5.74) is 3.07. The molecule has 0 bridgehead atoms. The molecule has 0 saturated heterocycles. The van der Waals surface area contributed by atoms with Crippen LogP contribution in [0.2, 0.25) is 0 Å². The molecule has 3 rings (SSSR count). The van der Waals surface area contributed by atoms with E-state index in [0.717, 1.165) is 35.4 Å². The van der Waals surface area contributed by atoms with Crippen LogP contribution in [0.3, 0.4) is 0 Å². The Hall–Kier alpha value is -2.17. The van der Waals surface area contributed by atoms with Gasteiger partial charge in [-0.1, -0.05) is 87.9 Å². The van der Waals surface area contributed by atoms with E-state index in [-0.39, 0.29) is 0 Å². The minimum absolute atomic E-state index is 0.455. The molecule has 1 heterocycles. The normalized spacial score (nSPS) is 12.5. The van der Waals surface area contributed by atoms with Crippen LogP contribution in [0.5, 0.6) is 0 Å². The van der Waals surface area contributed by atoms with Gasteiger partial charge in [-0.05, 0) is 24.1 Å². The Bertz CT molecular complexity index is 873. The van der Waals surface area contributed by atoms with Crippen molar-refractivity contribution < 1.29 is 14.4 Å². The molecular formula is C25H35N2O2+. The zero-order valence-corrected chi connectivity index (χ0v) is 17.9. The van der Waals surface area contributed by atoms with E-state index in [1.54, 1.807) is 0 Å². The first-order chi connectivity index (χ1) is 14.2. The molecule has 3 aromatic rings. The molecule has 1 unspecified atom stereocenters. The van der Waals surface area contributed by atoms with Crippen LogP contribution in [0.15, 0.2) is 54.6 Å². The van der Waals surface area contributed by atoms with Crippen LogP contribution in [0.4, 0.5) is 0 Å². The smallest absolute Gasteiger partial charge is 0.293 e. The van der Waals surface area contributed by atoms with Gasteiger partial charge in [-0.25, -0.2) is 4.57 Å². The summed E-state index contributed by atoms with van der Waals surface area (Å²) in [6.45, 7) is 3.46. The first-order valence-electron chi connectivity index (χ1n) is 11.0. The Morgan fingerprint density at radius 3 is 2.31 bits per heavy atom. The van der Waals surface area contributed by atoms with Gasteiger partial charge in [-0.2, -0.15) is 4.57 Å². The number of aromatic nitrogens is 2. The van der Waals surface area contributed by atoms with Crippen LogP contribution >= 0.6 is 0 Å². The largest absolute Gasteiger partial charge is 0.376 e. The van der Waals surface area contributed by atoms with Crippen LogP contribution in [0.1, 0.15) is 69.4 Å². The zero-order chi connectivity index (χ0) is 20.5. The highest BCUT2D eigenvalue weighted by atomic mass is 16.5. The van der Waals surface area contributed by atoms with Crippen molar-refractivity contribution in [3.05, 3.63) is 66.0 Å². The highest BCUT2D eigenvalue weighted by molar-refractivity contribution is 5.72. The first-order valence-corrected chi connectivity index (χ1v) is 11.0. The summed E-state index contributed by atoms with van der Waals surface area (Å²) >= 11 is 0. The van der Waals surface area contributed by atoms with Crippen LogP contribution in [0, 0.1) is 0 Å². The molecule has 4 heteroatoms. The van der Waals surface area contributed by atoms with Gasteiger partial charge in [0.2, 0.25) is 0 Å². The van der Waals surface area contributed by atoms with Gasteiger partial charge in [0.1, 0.15) is 0 Å². The van der Waals surface area contributed by atoms with E-state index in [1.807, 2.05) is 49.5 Å². The standard InChI is InChI=1S/C25H35N2O2/c1-3-4-5-6-7-8-14-19-29-20-27-23-18-13-12-17-22(23)26(2)25(27)24(28)21-15-10-9-11-16-21/h9-13,15-18,24,28H,3-8,14,19-20H2,1-2H3/q+1. The molecule has 0 aliphatic carbocycles. The number of benzene rings is 2. The average Bonchev–Trinajstić information content (AvgIpc) is 3.04.